The van der Waals surface area contributed by atoms with Gasteiger partial charge in [0.25, 0.3) is 0 Å². The number of benzene rings is 2. The number of hydrogen-bond acceptors (Lipinski definition) is 4. The zero-order valence-electron chi connectivity index (χ0n) is 14.2. The van der Waals surface area contributed by atoms with Crippen molar-refractivity contribution in [3.63, 3.8) is 0 Å². The van der Waals surface area contributed by atoms with Crippen LogP contribution in [0.15, 0.2) is 53.4 Å². The highest BCUT2D eigenvalue weighted by Crippen LogP contribution is 2.25. The van der Waals surface area contributed by atoms with Crippen LogP contribution in [0.3, 0.4) is 0 Å². The number of amides is 1. The van der Waals surface area contributed by atoms with Crippen molar-refractivity contribution in [1.82, 2.24) is 5.32 Å². The number of ether oxygens (including phenoxy) is 1. The number of carboxylic acids is 1. The molecule has 2 aromatic carbocycles. The van der Waals surface area contributed by atoms with E-state index in [0.29, 0.717) is 13.0 Å². The molecule has 0 aromatic heterocycles. The Balaban J connectivity index is 1.77. The first kappa shape index (κ1) is 18.9. The molecule has 1 amide bonds. The number of rotatable bonds is 8. The van der Waals surface area contributed by atoms with Gasteiger partial charge in [-0.25, -0.2) is 4.79 Å². The van der Waals surface area contributed by atoms with E-state index in [0.717, 1.165) is 16.2 Å². The maximum absolute atomic E-state index is 12.2. The molecule has 0 aliphatic heterocycles. The summed E-state index contributed by atoms with van der Waals surface area (Å²) in [5.41, 5.74) is 1.25. The molecule has 0 aliphatic rings. The smallest absolute Gasteiger partial charge is 0.335 e. The van der Waals surface area contributed by atoms with Gasteiger partial charge >= 0.3 is 5.97 Å². The molecule has 0 saturated heterocycles. The monoisotopic (exact) mass is 359 g/mol. The van der Waals surface area contributed by atoms with Gasteiger partial charge in [0, 0.05) is 11.4 Å². The Morgan fingerprint density at radius 1 is 1.12 bits per heavy atom. The van der Waals surface area contributed by atoms with Crippen molar-refractivity contribution in [2.45, 2.75) is 23.5 Å². The molecule has 25 heavy (non-hydrogen) atoms. The second kappa shape index (κ2) is 9.13. The predicted octanol–water partition coefficient (Wildman–Crippen LogP) is 3.23. The number of aromatic carboxylic acids is 1. The average molecular weight is 359 g/mol. The molecule has 1 unspecified atom stereocenters. The van der Waals surface area contributed by atoms with Gasteiger partial charge in [0.1, 0.15) is 5.75 Å². The second-order valence-corrected chi connectivity index (χ2v) is 6.89. The molecule has 2 aromatic rings. The number of carbonyl (C=O) groups is 2. The zero-order chi connectivity index (χ0) is 18.2. The van der Waals surface area contributed by atoms with Crippen LogP contribution in [0.2, 0.25) is 0 Å². The molecule has 132 valence electrons. The Morgan fingerprint density at radius 3 is 2.32 bits per heavy atom. The summed E-state index contributed by atoms with van der Waals surface area (Å²) < 4.78 is 5.12. The Labute approximate surface area is 151 Å². The molecule has 2 rings (SSSR count). The van der Waals surface area contributed by atoms with E-state index in [4.69, 9.17) is 9.84 Å². The van der Waals surface area contributed by atoms with E-state index in [-0.39, 0.29) is 16.7 Å². The lowest BCUT2D eigenvalue weighted by molar-refractivity contribution is -0.120. The molecule has 2 N–H and O–H groups in total. The molecule has 0 bridgehead atoms. The maximum atomic E-state index is 12.2. The van der Waals surface area contributed by atoms with E-state index < -0.39 is 5.97 Å². The molecule has 6 heteroatoms. The summed E-state index contributed by atoms with van der Waals surface area (Å²) in [4.78, 5) is 24.0. The normalized spacial score (nSPS) is 11.6. The number of carboxylic acid groups (broad SMARTS) is 1. The van der Waals surface area contributed by atoms with Crippen LogP contribution in [0.1, 0.15) is 22.8 Å². The van der Waals surface area contributed by atoms with Crippen LogP contribution in [0.25, 0.3) is 0 Å². The summed E-state index contributed by atoms with van der Waals surface area (Å²) in [6, 6.07) is 14.3. The fraction of sp³-hybridized carbons (Fsp3) is 0.263. The molecule has 1 atom stereocenters. The van der Waals surface area contributed by atoms with E-state index in [1.54, 1.807) is 31.4 Å². The first-order valence-electron chi connectivity index (χ1n) is 7.90. The Kier molecular flexibility index (Phi) is 6.89. The van der Waals surface area contributed by atoms with Gasteiger partial charge in [-0.1, -0.05) is 12.1 Å². The first-order valence-corrected chi connectivity index (χ1v) is 8.78. The third-order valence-corrected chi connectivity index (χ3v) is 4.77. The average Bonchev–Trinajstić information content (AvgIpc) is 2.62. The molecule has 0 fully saturated rings. The number of thioether (sulfide) groups is 1. The van der Waals surface area contributed by atoms with Gasteiger partial charge in [0.05, 0.1) is 17.9 Å². The van der Waals surface area contributed by atoms with Crippen molar-refractivity contribution in [2.24, 2.45) is 0 Å². The Hall–Kier alpha value is -2.47. The van der Waals surface area contributed by atoms with Crippen LogP contribution in [0, 0.1) is 0 Å². The Bertz CT molecular complexity index is 713. The number of nitrogens with one attached hydrogen (secondary N) is 1. The molecule has 0 spiro atoms. The standard InChI is InChI=1S/C19H21NO4S/c1-13(25-17-9-7-16(24-2)8-10-17)18(21)20-12-11-14-3-5-15(6-4-14)19(22)23/h3-10,13H,11-12H2,1-2H3,(H,20,21)(H,22,23). The largest absolute Gasteiger partial charge is 0.497 e. The summed E-state index contributed by atoms with van der Waals surface area (Å²) in [7, 11) is 1.62. The first-order chi connectivity index (χ1) is 12.0. The molecule has 0 aliphatic carbocycles. The molecule has 0 radical (unpaired) electrons. The van der Waals surface area contributed by atoms with E-state index in [1.807, 2.05) is 31.2 Å². The van der Waals surface area contributed by atoms with Crippen LogP contribution in [0.5, 0.6) is 5.75 Å². The van der Waals surface area contributed by atoms with Crippen molar-refractivity contribution in [3.8, 4) is 5.75 Å². The van der Waals surface area contributed by atoms with Crippen LogP contribution in [-0.4, -0.2) is 35.9 Å². The minimum Gasteiger partial charge on any atom is -0.497 e. The van der Waals surface area contributed by atoms with Crippen molar-refractivity contribution in [2.75, 3.05) is 13.7 Å². The predicted molar refractivity (Wildman–Crippen MR) is 98.4 cm³/mol. The quantitative estimate of drug-likeness (QED) is 0.708. The van der Waals surface area contributed by atoms with Gasteiger partial charge in [0.15, 0.2) is 0 Å². The van der Waals surface area contributed by atoms with Gasteiger partial charge in [0.2, 0.25) is 5.91 Å². The van der Waals surface area contributed by atoms with Crippen LogP contribution in [-0.2, 0) is 11.2 Å². The Morgan fingerprint density at radius 2 is 1.76 bits per heavy atom. The highest BCUT2D eigenvalue weighted by molar-refractivity contribution is 8.00. The van der Waals surface area contributed by atoms with E-state index in [9.17, 15) is 9.59 Å². The van der Waals surface area contributed by atoms with E-state index >= 15 is 0 Å². The fourth-order valence-corrected chi connectivity index (χ4v) is 3.09. The van der Waals surface area contributed by atoms with Gasteiger partial charge in [-0.3, -0.25) is 4.79 Å². The fourth-order valence-electron chi connectivity index (χ4n) is 2.20. The number of methoxy groups -OCH3 is 1. The third kappa shape index (κ3) is 5.83. The lowest BCUT2D eigenvalue weighted by Gasteiger charge is -2.12. The highest BCUT2D eigenvalue weighted by atomic mass is 32.2. The summed E-state index contributed by atoms with van der Waals surface area (Å²) in [6.07, 6.45) is 0.658. The highest BCUT2D eigenvalue weighted by Gasteiger charge is 2.14. The molecular formula is C19H21NO4S. The SMILES string of the molecule is COc1ccc(SC(C)C(=O)NCCc2ccc(C(=O)O)cc2)cc1. The molecule has 0 saturated carbocycles. The van der Waals surface area contributed by atoms with Gasteiger partial charge in [-0.05, 0) is 55.3 Å². The van der Waals surface area contributed by atoms with Crippen molar-refractivity contribution in [1.29, 1.82) is 0 Å². The summed E-state index contributed by atoms with van der Waals surface area (Å²) >= 11 is 1.49. The van der Waals surface area contributed by atoms with Gasteiger partial charge < -0.3 is 15.2 Å². The zero-order valence-corrected chi connectivity index (χ0v) is 15.0. The summed E-state index contributed by atoms with van der Waals surface area (Å²) in [5.74, 6) is -0.178. The van der Waals surface area contributed by atoms with E-state index in [1.165, 1.54) is 11.8 Å². The molecular weight excluding hydrogens is 338 g/mol. The second-order valence-electron chi connectivity index (χ2n) is 5.48. The lowest BCUT2D eigenvalue weighted by Crippen LogP contribution is -2.32. The lowest BCUT2D eigenvalue weighted by atomic mass is 10.1. The molecule has 5 nitrogen and oxygen atoms in total. The van der Waals surface area contributed by atoms with Gasteiger partial charge in [-0.15, -0.1) is 11.8 Å². The number of hydrogen-bond donors (Lipinski definition) is 2. The van der Waals surface area contributed by atoms with Gasteiger partial charge in [-0.2, -0.15) is 0 Å². The van der Waals surface area contributed by atoms with Crippen molar-refractivity contribution < 1.29 is 19.4 Å². The molecule has 0 heterocycles. The van der Waals surface area contributed by atoms with Crippen LogP contribution >= 0.6 is 11.8 Å². The number of carbonyl (C=O) groups excluding carboxylic acids is 1. The summed E-state index contributed by atoms with van der Waals surface area (Å²) in [6.45, 7) is 2.38. The van der Waals surface area contributed by atoms with Crippen LogP contribution in [0.4, 0.5) is 0 Å². The maximum Gasteiger partial charge on any atom is 0.335 e. The van der Waals surface area contributed by atoms with E-state index in [2.05, 4.69) is 5.32 Å². The summed E-state index contributed by atoms with van der Waals surface area (Å²) in [5, 5.41) is 11.6. The van der Waals surface area contributed by atoms with Crippen molar-refractivity contribution in [3.05, 3.63) is 59.7 Å². The minimum absolute atomic E-state index is 0.0250. The van der Waals surface area contributed by atoms with Crippen LogP contribution < -0.4 is 10.1 Å². The third-order valence-electron chi connectivity index (χ3n) is 3.66. The topological polar surface area (TPSA) is 75.6 Å². The van der Waals surface area contributed by atoms with Crippen molar-refractivity contribution >= 4 is 23.6 Å². The minimum atomic E-state index is -0.941.